The van der Waals surface area contributed by atoms with Gasteiger partial charge in [-0.05, 0) is 6.42 Å². The molecule has 2 rings (SSSR count). The number of hydrogen-bond donors (Lipinski definition) is 2. The van der Waals surface area contributed by atoms with Crippen LogP contribution in [0.5, 0.6) is 0 Å². The molecule has 0 spiro atoms. The van der Waals surface area contributed by atoms with Gasteiger partial charge in [-0.1, -0.05) is 0 Å². The smallest absolute Gasteiger partial charge is 0.225 e. The molecule has 1 saturated heterocycles. The van der Waals surface area contributed by atoms with Crippen molar-refractivity contribution in [3.8, 4) is 0 Å². The Morgan fingerprint density at radius 1 is 1.73 bits per heavy atom. The summed E-state index contributed by atoms with van der Waals surface area (Å²) >= 11 is 0. The summed E-state index contributed by atoms with van der Waals surface area (Å²) in [5, 5.41) is 9.33. The van der Waals surface area contributed by atoms with E-state index in [1.165, 1.54) is 6.33 Å². The van der Waals surface area contributed by atoms with Crippen LogP contribution in [0.4, 0.5) is 0 Å². The van der Waals surface area contributed by atoms with Crippen LogP contribution in [0.2, 0.25) is 0 Å². The fourth-order valence-electron chi connectivity index (χ4n) is 1.54. The van der Waals surface area contributed by atoms with Crippen molar-refractivity contribution >= 4 is 5.91 Å². The van der Waals surface area contributed by atoms with Gasteiger partial charge in [0.15, 0.2) is 0 Å². The van der Waals surface area contributed by atoms with Gasteiger partial charge in [0.05, 0.1) is 12.5 Å². The Bertz CT molecular complexity index is 306. The van der Waals surface area contributed by atoms with Crippen LogP contribution in [0.3, 0.4) is 0 Å². The summed E-state index contributed by atoms with van der Waals surface area (Å²) in [6, 6.07) is 0. The Morgan fingerprint density at radius 2 is 2.67 bits per heavy atom. The minimum atomic E-state index is 0.0275. The Hall–Kier alpha value is -1.43. The maximum atomic E-state index is 11.5. The zero-order valence-electron chi connectivity index (χ0n) is 8.40. The van der Waals surface area contributed by atoms with Gasteiger partial charge in [0.2, 0.25) is 5.91 Å². The fourth-order valence-corrected chi connectivity index (χ4v) is 1.54. The topological polar surface area (TPSA) is 79.9 Å². The van der Waals surface area contributed by atoms with Crippen LogP contribution < -0.4 is 5.32 Å². The third-order valence-electron chi connectivity index (χ3n) is 2.43. The summed E-state index contributed by atoms with van der Waals surface area (Å²) in [5.74, 6) is 0.893. The molecular weight excluding hydrogens is 196 g/mol. The van der Waals surface area contributed by atoms with Crippen molar-refractivity contribution in [1.82, 2.24) is 20.5 Å². The Morgan fingerprint density at radius 3 is 3.33 bits per heavy atom. The van der Waals surface area contributed by atoms with Crippen LogP contribution in [0.1, 0.15) is 12.2 Å². The maximum Gasteiger partial charge on any atom is 0.225 e. The SMILES string of the molecule is O=C(NCCc1ncn[nH]1)C1CCOC1. The second kappa shape index (κ2) is 4.88. The van der Waals surface area contributed by atoms with Crippen molar-refractivity contribution in [1.29, 1.82) is 0 Å². The van der Waals surface area contributed by atoms with E-state index >= 15 is 0 Å². The predicted molar refractivity (Wildman–Crippen MR) is 52.0 cm³/mol. The highest BCUT2D eigenvalue weighted by Crippen LogP contribution is 2.11. The van der Waals surface area contributed by atoms with Gasteiger partial charge in [-0.3, -0.25) is 9.89 Å². The number of nitrogens with zero attached hydrogens (tertiary/aromatic N) is 2. The highest BCUT2D eigenvalue weighted by atomic mass is 16.5. The summed E-state index contributed by atoms with van der Waals surface area (Å²) in [6.45, 7) is 1.83. The minimum absolute atomic E-state index is 0.0275. The van der Waals surface area contributed by atoms with Crippen LogP contribution >= 0.6 is 0 Å². The van der Waals surface area contributed by atoms with Crippen molar-refractivity contribution in [3.05, 3.63) is 12.2 Å². The lowest BCUT2D eigenvalue weighted by Crippen LogP contribution is -2.32. The number of aromatic nitrogens is 3. The lowest BCUT2D eigenvalue weighted by atomic mass is 10.1. The molecule has 1 aromatic heterocycles. The molecule has 0 aliphatic carbocycles. The highest BCUT2D eigenvalue weighted by molar-refractivity contribution is 5.78. The lowest BCUT2D eigenvalue weighted by molar-refractivity contribution is -0.124. The van der Waals surface area contributed by atoms with E-state index in [4.69, 9.17) is 4.74 Å². The molecule has 6 heteroatoms. The Kier molecular flexibility index (Phi) is 3.29. The molecule has 1 atom stereocenters. The van der Waals surface area contributed by atoms with Gasteiger partial charge in [-0.2, -0.15) is 5.10 Å². The van der Waals surface area contributed by atoms with E-state index in [2.05, 4.69) is 20.5 Å². The van der Waals surface area contributed by atoms with E-state index in [0.29, 0.717) is 26.2 Å². The molecule has 15 heavy (non-hydrogen) atoms. The van der Waals surface area contributed by atoms with Gasteiger partial charge in [0.25, 0.3) is 0 Å². The standard InChI is InChI=1S/C9H14N4O2/c14-9(7-2-4-15-5-7)10-3-1-8-11-6-12-13-8/h6-7H,1-5H2,(H,10,14)(H,11,12,13). The zero-order valence-corrected chi connectivity index (χ0v) is 8.40. The highest BCUT2D eigenvalue weighted by Gasteiger charge is 2.22. The van der Waals surface area contributed by atoms with Gasteiger partial charge in [0.1, 0.15) is 12.2 Å². The van der Waals surface area contributed by atoms with Gasteiger partial charge in [0, 0.05) is 19.6 Å². The molecule has 82 valence electrons. The summed E-state index contributed by atoms with van der Waals surface area (Å²) in [7, 11) is 0. The molecule has 6 nitrogen and oxygen atoms in total. The second-order valence-corrected chi connectivity index (χ2v) is 3.53. The molecule has 1 amide bonds. The van der Waals surface area contributed by atoms with Crippen LogP contribution in [0.25, 0.3) is 0 Å². The molecular formula is C9H14N4O2. The zero-order chi connectivity index (χ0) is 10.5. The molecule has 1 aliphatic heterocycles. The van der Waals surface area contributed by atoms with Gasteiger partial charge < -0.3 is 10.1 Å². The number of rotatable bonds is 4. The van der Waals surface area contributed by atoms with Crippen LogP contribution in [0.15, 0.2) is 6.33 Å². The first kappa shape index (κ1) is 10.1. The first-order valence-corrected chi connectivity index (χ1v) is 5.06. The predicted octanol–water partition coefficient (Wildman–Crippen LogP) is -0.500. The average Bonchev–Trinajstić information content (AvgIpc) is 2.90. The first-order valence-electron chi connectivity index (χ1n) is 5.06. The quantitative estimate of drug-likeness (QED) is 0.702. The number of hydrogen-bond acceptors (Lipinski definition) is 4. The van der Waals surface area contributed by atoms with Crippen molar-refractivity contribution in [2.45, 2.75) is 12.8 Å². The van der Waals surface area contributed by atoms with E-state index < -0.39 is 0 Å². The molecule has 0 bridgehead atoms. The van der Waals surface area contributed by atoms with Crippen LogP contribution in [0, 0.1) is 5.92 Å². The van der Waals surface area contributed by atoms with E-state index in [-0.39, 0.29) is 11.8 Å². The molecule has 0 saturated carbocycles. The number of nitrogens with one attached hydrogen (secondary N) is 2. The van der Waals surface area contributed by atoms with Crippen molar-refractivity contribution in [3.63, 3.8) is 0 Å². The van der Waals surface area contributed by atoms with Crippen LogP contribution in [-0.4, -0.2) is 40.8 Å². The average molecular weight is 210 g/mol. The number of carbonyl (C=O) groups is 1. The van der Waals surface area contributed by atoms with Crippen molar-refractivity contribution in [2.75, 3.05) is 19.8 Å². The largest absolute Gasteiger partial charge is 0.381 e. The van der Waals surface area contributed by atoms with Crippen molar-refractivity contribution in [2.24, 2.45) is 5.92 Å². The fraction of sp³-hybridized carbons (Fsp3) is 0.667. The molecule has 2 N–H and O–H groups in total. The number of ether oxygens (including phenoxy) is 1. The molecule has 1 aliphatic rings. The Balaban J connectivity index is 1.67. The van der Waals surface area contributed by atoms with E-state index in [0.717, 1.165) is 12.2 Å². The number of carbonyl (C=O) groups excluding carboxylic acids is 1. The first-order chi connectivity index (χ1) is 7.36. The van der Waals surface area contributed by atoms with Crippen molar-refractivity contribution < 1.29 is 9.53 Å². The summed E-state index contributed by atoms with van der Waals surface area (Å²) in [6.07, 6.45) is 2.97. The van der Waals surface area contributed by atoms with E-state index in [9.17, 15) is 4.79 Å². The normalized spacial score (nSPS) is 20.4. The number of H-pyrrole nitrogens is 1. The summed E-state index contributed by atoms with van der Waals surface area (Å²) < 4.78 is 5.14. The van der Waals surface area contributed by atoms with Gasteiger partial charge >= 0.3 is 0 Å². The molecule has 0 radical (unpaired) electrons. The third kappa shape index (κ3) is 2.76. The number of aromatic amines is 1. The molecule has 1 unspecified atom stereocenters. The second-order valence-electron chi connectivity index (χ2n) is 3.53. The molecule has 1 aromatic rings. The maximum absolute atomic E-state index is 11.5. The van der Waals surface area contributed by atoms with Crippen LogP contribution in [-0.2, 0) is 16.0 Å². The summed E-state index contributed by atoms with van der Waals surface area (Å²) in [5.41, 5.74) is 0. The number of amides is 1. The van der Waals surface area contributed by atoms with E-state index in [1.807, 2.05) is 0 Å². The van der Waals surface area contributed by atoms with Gasteiger partial charge in [-0.25, -0.2) is 4.98 Å². The monoisotopic (exact) mass is 210 g/mol. The molecule has 2 heterocycles. The summed E-state index contributed by atoms with van der Waals surface area (Å²) in [4.78, 5) is 15.5. The molecule has 0 aromatic carbocycles. The third-order valence-corrected chi connectivity index (χ3v) is 2.43. The van der Waals surface area contributed by atoms with E-state index in [1.54, 1.807) is 0 Å². The lowest BCUT2D eigenvalue weighted by Gasteiger charge is -2.07. The Labute approximate surface area is 87.4 Å². The van der Waals surface area contributed by atoms with Gasteiger partial charge in [-0.15, -0.1) is 0 Å². The minimum Gasteiger partial charge on any atom is -0.381 e. The molecule has 1 fully saturated rings.